The summed E-state index contributed by atoms with van der Waals surface area (Å²) in [5.74, 6) is 0. The lowest BCUT2D eigenvalue weighted by Crippen LogP contribution is -2.50. The van der Waals surface area contributed by atoms with E-state index < -0.39 is 0 Å². The summed E-state index contributed by atoms with van der Waals surface area (Å²) >= 11 is 0. The molecule has 1 fully saturated rings. The molecule has 0 aromatic rings. The van der Waals surface area contributed by atoms with Crippen molar-refractivity contribution in [2.75, 3.05) is 26.2 Å². The fourth-order valence-electron chi connectivity index (χ4n) is 1.52. The van der Waals surface area contributed by atoms with Crippen LogP contribution in [0.4, 0.5) is 0 Å². The summed E-state index contributed by atoms with van der Waals surface area (Å²) < 4.78 is 0. The van der Waals surface area contributed by atoms with Crippen molar-refractivity contribution in [2.24, 2.45) is 5.16 Å². The molecule has 2 heterocycles. The van der Waals surface area contributed by atoms with Crippen LogP contribution in [0.2, 0.25) is 0 Å². The van der Waals surface area contributed by atoms with Crippen molar-refractivity contribution in [2.45, 2.75) is 13.0 Å². The number of rotatable bonds is 1. The van der Waals surface area contributed by atoms with Gasteiger partial charge in [0.1, 0.15) is 0 Å². The molecule has 4 heteroatoms. The maximum atomic E-state index is 5.03. The Bertz CT molecular complexity index is 171. The molecule has 2 aliphatic heterocycles. The van der Waals surface area contributed by atoms with Crippen LogP contribution >= 0.6 is 0 Å². The molecule has 4 nitrogen and oxygen atoms in total. The van der Waals surface area contributed by atoms with E-state index in [9.17, 15) is 0 Å². The summed E-state index contributed by atoms with van der Waals surface area (Å²) in [7, 11) is 0. The summed E-state index contributed by atoms with van der Waals surface area (Å²) in [5.41, 5.74) is 0. The van der Waals surface area contributed by atoms with Crippen LogP contribution in [-0.2, 0) is 4.94 Å². The highest BCUT2D eigenvalue weighted by atomic mass is 16.8. The fourth-order valence-corrected chi connectivity index (χ4v) is 1.52. The third kappa shape index (κ3) is 1.23. The molecule has 0 aliphatic carbocycles. The van der Waals surface area contributed by atoms with Gasteiger partial charge in [-0.25, -0.2) is 0 Å². The Kier molecular flexibility index (Phi) is 1.79. The Morgan fingerprint density at radius 3 is 3.36 bits per heavy atom. The smallest absolute Gasteiger partial charge is 0.0996 e. The lowest BCUT2D eigenvalue weighted by Gasteiger charge is -2.32. The second-order valence-electron chi connectivity index (χ2n) is 2.94. The largest absolute Gasteiger partial charge is 0.300 e. The average molecular weight is 155 g/mol. The van der Waals surface area contributed by atoms with Gasteiger partial charge in [0.25, 0.3) is 0 Å². The first-order valence-corrected chi connectivity index (χ1v) is 4.10. The predicted octanol–water partition coefficient (Wildman–Crippen LogP) is -0.0765. The fraction of sp³-hybridized carbons (Fsp3) is 0.857. The van der Waals surface area contributed by atoms with E-state index >= 15 is 0 Å². The first-order valence-electron chi connectivity index (χ1n) is 4.10. The van der Waals surface area contributed by atoms with Crippen LogP contribution in [0.3, 0.4) is 0 Å². The van der Waals surface area contributed by atoms with Crippen LogP contribution < -0.4 is 0 Å². The van der Waals surface area contributed by atoms with Crippen LogP contribution in [0.25, 0.3) is 0 Å². The van der Waals surface area contributed by atoms with Gasteiger partial charge in [0, 0.05) is 13.1 Å². The number of hydroxylamine groups is 2. The van der Waals surface area contributed by atoms with Crippen LogP contribution in [0, 0.1) is 0 Å². The van der Waals surface area contributed by atoms with Gasteiger partial charge in [-0.15, -0.1) is 5.06 Å². The first-order chi connectivity index (χ1) is 5.40. The quantitative estimate of drug-likeness (QED) is 0.530. The SMILES string of the molecule is CCN1CCN2ON=CC2C1. The van der Waals surface area contributed by atoms with Crippen molar-refractivity contribution in [3.63, 3.8) is 0 Å². The maximum Gasteiger partial charge on any atom is 0.0996 e. The summed E-state index contributed by atoms with van der Waals surface area (Å²) in [4.78, 5) is 7.43. The minimum atomic E-state index is 0.392. The molecular weight excluding hydrogens is 142 g/mol. The zero-order valence-corrected chi connectivity index (χ0v) is 6.73. The third-order valence-electron chi connectivity index (χ3n) is 2.28. The van der Waals surface area contributed by atoms with Crippen LogP contribution in [0.5, 0.6) is 0 Å². The summed E-state index contributed by atoms with van der Waals surface area (Å²) in [6, 6.07) is 0.392. The number of likely N-dealkylation sites (N-methyl/N-ethyl adjacent to an activating group) is 1. The zero-order valence-electron chi connectivity index (χ0n) is 6.73. The van der Waals surface area contributed by atoms with E-state index in [1.165, 1.54) is 0 Å². The molecule has 2 rings (SSSR count). The monoisotopic (exact) mass is 155 g/mol. The lowest BCUT2D eigenvalue weighted by molar-refractivity contribution is -0.171. The second kappa shape index (κ2) is 2.79. The van der Waals surface area contributed by atoms with Crippen LogP contribution in [-0.4, -0.2) is 48.4 Å². The molecule has 0 spiro atoms. The minimum absolute atomic E-state index is 0.392. The summed E-state index contributed by atoms with van der Waals surface area (Å²) in [6.45, 7) is 6.43. The van der Waals surface area contributed by atoms with Gasteiger partial charge in [-0.2, -0.15) is 0 Å². The van der Waals surface area contributed by atoms with E-state index in [1.54, 1.807) is 0 Å². The predicted molar refractivity (Wildman–Crippen MR) is 42.2 cm³/mol. The summed E-state index contributed by atoms with van der Waals surface area (Å²) in [5, 5.41) is 5.71. The lowest BCUT2D eigenvalue weighted by atomic mass is 10.2. The van der Waals surface area contributed by atoms with Crippen LogP contribution in [0.15, 0.2) is 5.16 Å². The number of oxime groups is 1. The molecular formula is C7H13N3O. The number of piperazine rings is 1. The van der Waals surface area contributed by atoms with E-state index in [4.69, 9.17) is 4.94 Å². The van der Waals surface area contributed by atoms with Crippen molar-refractivity contribution < 1.29 is 4.94 Å². The van der Waals surface area contributed by atoms with Crippen molar-refractivity contribution in [3.05, 3.63) is 0 Å². The molecule has 2 aliphatic rings. The molecule has 0 radical (unpaired) electrons. The Labute approximate surface area is 66.4 Å². The highest BCUT2D eigenvalue weighted by molar-refractivity contribution is 5.65. The van der Waals surface area contributed by atoms with E-state index in [-0.39, 0.29) is 0 Å². The highest BCUT2D eigenvalue weighted by Gasteiger charge is 2.29. The highest BCUT2D eigenvalue weighted by Crippen LogP contribution is 2.12. The van der Waals surface area contributed by atoms with Gasteiger partial charge in [-0.3, -0.25) is 4.94 Å². The Morgan fingerprint density at radius 1 is 1.64 bits per heavy atom. The molecule has 0 amide bonds. The molecule has 1 saturated heterocycles. The number of hydrogen-bond donors (Lipinski definition) is 0. The zero-order chi connectivity index (χ0) is 7.68. The standard InChI is InChI=1S/C7H13N3O/c1-2-9-3-4-10-7(6-9)5-8-11-10/h5,7H,2-4,6H2,1H3. The van der Waals surface area contributed by atoms with E-state index in [2.05, 4.69) is 17.0 Å². The molecule has 1 unspecified atom stereocenters. The molecule has 0 aromatic carbocycles. The maximum absolute atomic E-state index is 5.03. The minimum Gasteiger partial charge on any atom is -0.300 e. The van der Waals surface area contributed by atoms with Gasteiger partial charge in [0.2, 0.25) is 0 Å². The van der Waals surface area contributed by atoms with Crippen LogP contribution in [0.1, 0.15) is 6.92 Å². The number of nitrogens with zero attached hydrogens (tertiary/aromatic N) is 3. The number of fused-ring (bicyclic) bond motifs is 1. The number of hydrogen-bond acceptors (Lipinski definition) is 4. The van der Waals surface area contributed by atoms with Gasteiger partial charge in [-0.1, -0.05) is 12.1 Å². The summed E-state index contributed by atoms with van der Waals surface area (Å²) in [6.07, 6.45) is 1.88. The molecule has 11 heavy (non-hydrogen) atoms. The van der Waals surface area contributed by atoms with Crippen molar-refractivity contribution in [3.8, 4) is 0 Å². The van der Waals surface area contributed by atoms with Crippen molar-refractivity contribution in [1.82, 2.24) is 9.96 Å². The average Bonchev–Trinajstić information content (AvgIpc) is 2.50. The van der Waals surface area contributed by atoms with Gasteiger partial charge >= 0.3 is 0 Å². The molecule has 0 aromatic heterocycles. The van der Waals surface area contributed by atoms with E-state index in [0.717, 1.165) is 26.2 Å². The van der Waals surface area contributed by atoms with Gasteiger partial charge < -0.3 is 4.90 Å². The molecule has 62 valence electrons. The van der Waals surface area contributed by atoms with E-state index in [1.807, 2.05) is 11.3 Å². The van der Waals surface area contributed by atoms with Gasteiger partial charge in [-0.05, 0) is 6.54 Å². The third-order valence-corrected chi connectivity index (χ3v) is 2.28. The topological polar surface area (TPSA) is 28.1 Å². The van der Waals surface area contributed by atoms with Gasteiger partial charge in [0.05, 0.1) is 18.8 Å². The van der Waals surface area contributed by atoms with Gasteiger partial charge in [0.15, 0.2) is 0 Å². The van der Waals surface area contributed by atoms with E-state index in [0.29, 0.717) is 6.04 Å². The molecule has 0 N–H and O–H groups in total. The van der Waals surface area contributed by atoms with Crippen molar-refractivity contribution >= 4 is 6.21 Å². The normalized spacial score (nSPS) is 31.9. The molecule has 0 saturated carbocycles. The Morgan fingerprint density at radius 2 is 2.55 bits per heavy atom. The molecule has 0 bridgehead atoms. The Hall–Kier alpha value is -0.610. The second-order valence-corrected chi connectivity index (χ2v) is 2.94. The first kappa shape index (κ1) is 7.06. The Balaban J connectivity index is 1.95. The van der Waals surface area contributed by atoms with Crippen molar-refractivity contribution in [1.29, 1.82) is 0 Å². The molecule has 1 atom stereocenters.